The summed E-state index contributed by atoms with van der Waals surface area (Å²) in [6.45, 7) is 4.42. The Morgan fingerprint density at radius 3 is 2.80 bits per heavy atom. The maximum absolute atomic E-state index is 12.1. The lowest BCUT2D eigenvalue weighted by atomic mass is 9.97. The molecule has 0 radical (unpaired) electrons. The molecule has 1 saturated heterocycles. The molecule has 0 amide bonds. The molecule has 0 spiro atoms. The fourth-order valence-corrected chi connectivity index (χ4v) is 3.79. The third-order valence-electron chi connectivity index (χ3n) is 4.42. The van der Waals surface area contributed by atoms with Crippen molar-refractivity contribution in [3.8, 4) is 5.82 Å². The van der Waals surface area contributed by atoms with E-state index in [1.165, 1.54) is 11.5 Å². The number of anilines is 1. The van der Waals surface area contributed by atoms with Crippen LogP contribution in [0.25, 0.3) is 5.82 Å². The summed E-state index contributed by atoms with van der Waals surface area (Å²) < 4.78 is 7.47. The third kappa shape index (κ3) is 3.46. The van der Waals surface area contributed by atoms with E-state index in [1.54, 1.807) is 27.7 Å². The summed E-state index contributed by atoms with van der Waals surface area (Å²) in [6, 6.07) is 5.09. The zero-order chi connectivity index (χ0) is 17.2. The van der Waals surface area contributed by atoms with Crippen molar-refractivity contribution in [2.24, 2.45) is 5.92 Å². The number of aromatic nitrogens is 6. The van der Waals surface area contributed by atoms with Gasteiger partial charge in [-0.2, -0.15) is 9.47 Å². The van der Waals surface area contributed by atoms with Gasteiger partial charge in [0.15, 0.2) is 5.82 Å². The van der Waals surface area contributed by atoms with E-state index in [1.807, 2.05) is 19.2 Å². The van der Waals surface area contributed by atoms with Gasteiger partial charge in [-0.25, -0.2) is 14.3 Å². The van der Waals surface area contributed by atoms with Crippen LogP contribution in [0.15, 0.2) is 35.4 Å². The topological polar surface area (TPSA) is 81.7 Å². The summed E-state index contributed by atoms with van der Waals surface area (Å²) in [5.41, 5.74) is -0.0712. The first kappa shape index (κ1) is 15.9. The van der Waals surface area contributed by atoms with Gasteiger partial charge in [-0.15, -0.1) is 5.10 Å². The second kappa shape index (κ2) is 6.75. The molecule has 3 aromatic heterocycles. The van der Waals surface area contributed by atoms with Crippen LogP contribution >= 0.6 is 11.5 Å². The Morgan fingerprint density at radius 1 is 1.28 bits per heavy atom. The molecule has 4 heterocycles. The molecule has 0 atom stereocenters. The Balaban J connectivity index is 1.43. The molecule has 0 unspecified atom stereocenters. The van der Waals surface area contributed by atoms with E-state index >= 15 is 0 Å². The Bertz CT molecular complexity index is 893. The van der Waals surface area contributed by atoms with Crippen LogP contribution in [-0.2, 0) is 6.54 Å². The largest absolute Gasteiger partial charge is 0.347 e. The van der Waals surface area contributed by atoms with Crippen LogP contribution in [-0.4, -0.2) is 42.0 Å². The van der Waals surface area contributed by atoms with E-state index < -0.39 is 0 Å². The monoisotopic (exact) mass is 357 g/mol. The minimum absolute atomic E-state index is 0.0712. The molecule has 0 aromatic carbocycles. The average Bonchev–Trinajstić information content (AvgIpc) is 3.29. The van der Waals surface area contributed by atoms with Gasteiger partial charge in [-0.1, -0.05) is 0 Å². The molecule has 4 rings (SSSR count). The standard InChI is InChI=1S/C16H19N7OS/c1-12-18-16(25-20-12)21-9-5-13(6-10-21)11-23-15(24)4-3-14(19-23)22-8-2-7-17-22/h2-4,7-8,13H,5-6,9-11H2,1H3. The SMILES string of the molecule is Cc1nsc(N2CCC(Cn3nc(-n4cccn4)ccc3=O)CC2)n1. The van der Waals surface area contributed by atoms with E-state index in [-0.39, 0.29) is 5.56 Å². The van der Waals surface area contributed by atoms with Gasteiger partial charge in [0, 0.05) is 49.6 Å². The van der Waals surface area contributed by atoms with Gasteiger partial charge < -0.3 is 4.90 Å². The van der Waals surface area contributed by atoms with Crippen molar-refractivity contribution in [2.45, 2.75) is 26.3 Å². The molecule has 1 fully saturated rings. The Morgan fingerprint density at radius 2 is 2.12 bits per heavy atom. The molecule has 0 saturated carbocycles. The lowest BCUT2D eigenvalue weighted by Crippen LogP contribution is -2.37. The first-order valence-corrected chi connectivity index (χ1v) is 9.10. The zero-order valence-electron chi connectivity index (χ0n) is 13.9. The molecule has 3 aromatic rings. The van der Waals surface area contributed by atoms with Crippen molar-refractivity contribution in [1.29, 1.82) is 0 Å². The summed E-state index contributed by atoms with van der Waals surface area (Å²) in [5, 5.41) is 9.62. The molecule has 130 valence electrons. The maximum atomic E-state index is 12.1. The molecule has 0 N–H and O–H groups in total. The first-order valence-electron chi connectivity index (χ1n) is 8.32. The fraction of sp³-hybridized carbons (Fsp3) is 0.438. The summed E-state index contributed by atoms with van der Waals surface area (Å²) in [5.74, 6) is 1.92. The lowest BCUT2D eigenvalue weighted by Gasteiger charge is -2.31. The Hall–Kier alpha value is -2.55. The number of aryl methyl sites for hydroxylation is 1. The maximum Gasteiger partial charge on any atom is 0.266 e. The number of hydrogen-bond acceptors (Lipinski definition) is 7. The molecule has 8 nitrogen and oxygen atoms in total. The Labute approximate surface area is 148 Å². The smallest absolute Gasteiger partial charge is 0.266 e. The van der Waals surface area contributed by atoms with Crippen molar-refractivity contribution >= 4 is 16.7 Å². The highest BCUT2D eigenvalue weighted by molar-refractivity contribution is 7.09. The zero-order valence-corrected chi connectivity index (χ0v) is 14.8. The first-order chi connectivity index (χ1) is 12.2. The van der Waals surface area contributed by atoms with Crippen LogP contribution in [0.5, 0.6) is 0 Å². The molecule has 25 heavy (non-hydrogen) atoms. The van der Waals surface area contributed by atoms with Crippen LogP contribution in [0.2, 0.25) is 0 Å². The van der Waals surface area contributed by atoms with Crippen LogP contribution in [0.3, 0.4) is 0 Å². The van der Waals surface area contributed by atoms with Crippen molar-refractivity contribution in [2.75, 3.05) is 18.0 Å². The highest BCUT2D eigenvalue weighted by atomic mass is 32.1. The number of hydrogen-bond donors (Lipinski definition) is 0. The van der Waals surface area contributed by atoms with Gasteiger partial charge in [0.25, 0.3) is 5.56 Å². The van der Waals surface area contributed by atoms with Gasteiger partial charge in [0.1, 0.15) is 5.82 Å². The summed E-state index contributed by atoms with van der Waals surface area (Å²) in [6.07, 6.45) is 5.54. The molecular formula is C16H19N7OS. The summed E-state index contributed by atoms with van der Waals surface area (Å²) in [4.78, 5) is 18.9. The molecule has 1 aliphatic heterocycles. The van der Waals surface area contributed by atoms with Gasteiger partial charge in [-0.3, -0.25) is 4.79 Å². The molecule has 0 aliphatic carbocycles. The summed E-state index contributed by atoms with van der Waals surface area (Å²) >= 11 is 1.45. The second-order valence-electron chi connectivity index (χ2n) is 6.22. The molecule has 1 aliphatic rings. The van der Waals surface area contributed by atoms with Gasteiger partial charge in [0.05, 0.1) is 0 Å². The predicted molar refractivity (Wildman–Crippen MR) is 95.2 cm³/mol. The van der Waals surface area contributed by atoms with E-state index in [0.717, 1.165) is 36.9 Å². The van der Waals surface area contributed by atoms with Gasteiger partial charge in [-0.05, 0) is 37.8 Å². The van der Waals surface area contributed by atoms with Crippen LogP contribution in [0, 0.1) is 12.8 Å². The summed E-state index contributed by atoms with van der Waals surface area (Å²) in [7, 11) is 0. The average molecular weight is 357 g/mol. The molecular weight excluding hydrogens is 338 g/mol. The third-order valence-corrected chi connectivity index (χ3v) is 5.29. The number of piperidine rings is 1. The van der Waals surface area contributed by atoms with Crippen LogP contribution < -0.4 is 10.5 Å². The lowest BCUT2D eigenvalue weighted by molar-refractivity contribution is 0.334. The Kier molecular flexibility index (Phi) is 4.31. The van der Waals surface area contributed by atoms with E-state index in [2.05, 4.69) is 24.5 Å². The normalized spacial score (nSPS) is 15.6. The predicted octanol–water partition coefficient (Wildman–Crippen LogP) is 1.51. The van der Waals surface area contributed by atoms with Crippen molar-refractivity contribution in [3.63, 3.8) is 0 Å². The van der Waals surface area contributed by atoms with Crippen LogP contribution in [0.1, 0.15) is 18.7 Å². The number of nitrogens with zero attached hydrogens (tertiary/aromatic N) is 7. The van der Waals surface area contributed by atoms with E-state index in [9.17, 15) is 4.79 Å². The molecule has 9 heteroatoms. The highest BCUT2D eigenvalue weighted by Gasteiger charge is 2.22. The minimum Gasteiger partial charge on any atom is -0.347 e. The second-order valence-corrected chi connectivity index (χ2v) is 6.95. The van der Waals surface area contributed by atoms with Crippen molar-refractivity contribution in [3.05, 3.63) is 46.8 Å². The molecule has 0 bridgehead atoms. The van der Waals surface area contributed by atoms with Crippen molar-refractivity contribution < 1.29 is 0 Å². The number of rotatable bonds is 4. The van der Waals surface area contributed by atoms with E-state index in [4.69, 9.17) is 0 Å². The minimum atomic E-state index is -0.0712. The van der Waals surface area contributed by atoms with Crippen molar-refractivity contribution in [1.82, 2.24) is 28.9 Å². The van der Waals surface area contributed by atoms with Gasteiger partial charge >= 0.3 is 0 Å². The van der Waals surface area contributed by atoms with Gasteiger partial charge in [0.2, 0.25) is 5.13 Å². The van der Waals surface area contributed by atoms with Crippen LogP contribution in [0.4, 0.5) is 5.13 Å². The fourth-order valence-electron chi connectivity index (χ4n) is 3.06. The quantitative estimate of drug-likeness (QED) is 0.704. The highest BCUT2D eigenvalue weighted by Crippen LogP contribution is 2.25. The van der Waals surface area contributed by atoms with E-state index in [0.29, 0.717) is 18.3 Å².